The zero-order valence-corrected chi connectivity index (χ0v) is 21.1. The molecule has 0 radical (unpaired) electrons. The molecule has 0 amide bonds. The summed E-state index contributed by atoms with van der Waals surface area (Å²) in [5, 5.41) is 0. The third-order valence-corrected chi connectivity index (χ3v) is 11.9. The Kier molecular flexibility index (Phi) is 4.94. The fourth-order valence-electron chi connectivity index (χ4n) is 10.6. The summed E-state index contributed by atoms with van der Waals surface area (Å²) in [6.45, 7) is 8.61. The Labute approximate surface area is 202 Å². The first-order valence-electron chi connectivity index (χ1n) is 13.6. The molecule has 3 aliphatic carbocycles. The molecule has 188 valence electrons. The van der Waals surface area contributed by atoms with Crippen molar-refractivity contribution in [2.24, 2.45) is 39.9 Å². The van der Waals surface area contributed by atoms with Crippen LogP contribution < -0.4 is 0 Å². The Balaban J connectivity index is 1.38. The highest BCUT2D eigenvalue weighted by molar-refractivity contribution is 5.75. The summed E-state index contributed by atoms with van der Waals surface area (Å²) < 4.78 is 18.4. The number of fused-ring (bicyclic) bond motifs is 7. The second-order valence-corrected chi connectivity index (χ2v) is 13.3. The highest BCUT2D eigenvalue weighted by Gasteiger charge is 2.70. The summed E-state index contributed by atoms with van der Waals surface area (Å²) in [6.07, 6.45) is 9.97. The maximum atomic E-state index is 12.3. The van der Waals surface area contributed by atoms with Crippen LogP contribution in [0.25, 0.3) is 0 Å². The van der Waals surface area contributed by atoms with Crippen molar-refractivity contribution in [1.82, 2.24) is 0 Å². The van der Waals surface area contributed by atoms with E-state index in [1.54, 1.807) is 0 Å². The lowest BCUT2D eigenvalue weighted by Gasteiger charge is -2.66. The minimum atomic E-state index is -0.821. The van der Waals surface area contributed by atoms with Crippen LogP contribution in [-0.2, 0) is 28.6 Å². The van der Waals surface area contributed by atoms with Crippen LogP contribution in [0, 0.1) is 39.9 Å². The molecule has 2 bridgehead atoms. The van der Waals surface area contributed by atoms with Crippen molar-refractivity contribution in [1.29, 1.82) is 0 Å². The second kappa shape index (κ2) is 7.30. The van der Waals surface area contributed by atoms with Crippen molar-refractivity contribution in [3.63, 3.8) is 0 Å². The highest BCUT2D eigenvalue weighted by Crippen LogP contribution is 2.71. The molecular weight excluding hydrogens is 432 g/mol. The molecular formula is C28H40O6. The third-order valence-electron chi connectivity index (χ3n) is 11.9. The molecule has 11 atom stereocenters. The number of aldehydes is 1. The summed E-state index contributed by atoms with van der Waals surface area (Å²) >= 11 is 0. The van der Waals surface area contributed by atoms with Gasteiger partial charge in [-0.15, -0.1) is 0 Å². The Hall–Kier alpha value is -1.43. The van der Waals surface area contributed by atoms with Gasteiger partial charge in [-0.2, -0.15) is 0 Å². The molecule has 6 fully saturated rings. The number of carbonyl (C=O) groups is 3. The topological polar surface area (TPSA) is 78.9 Å². The van der Waals surface area contributed by atoms with Gasteiger partial charge in [0.05, 0.1) is 12.5 Å². The van der Waals surface area contributed by atoms with E-state index in [-0.39, 0.29) is 46.8 Å². The van der Waals surface area contributed by atoms with Gasteiger partial charge >= 0.3 is 11.9 Å². The van der Waals surface area contributed by atoms with E-state index in [0.717, 1.165) is 44.9 Å². The van der Waals surface area contributed by atoms with Crippen molar-refractivity contribution >= 4 is 18.2 Å². The molecule has 6 rings (SSSR count). The van der Waals surface area contributed by atoms with Gasteiger partial charge in [0, 0.05) is 18.8 Å². The summed E-state index contributed by atoms with van der Waals surface area (Å²) in [6, 6.07) is 0. The van der Waals surface area contributed by atoms with Gasteiger partial charge in [-0.1, -0.05) is 27.2 Å². The summed E-state index contributed by atoms with van der Waals surface area (Å²) in [5.74, 6) is 1.20. The molecule has 3 heterocycles. The number of hydrogen-bond acceptors (Lipinski definition) is 6. The molecule has 1 spiro atoms. The zero-order valence-electron chi connectivity index (χ0n) is 21.1. The lowest BCUT2D eigenvalue weighted by Crippen LogP contribution is -2.61. The molecule has 2 unspecified atom stereocenters. The van der Waals surface area contributed by atoms with E-state index in [1.807, 2.05) is 0 Å². The van der Waals surface area contributed by atoms with Crippen molar-refractivity contribution in [2.75, 3.05) is 0 Å². The Morgan fingerprint density at radius 3 is 2.56 bits per heavy atom. The van der Waals surface area contributed by atoms with Crippen LogP contribution in [0.1, 0.15) is 91.9 Å². The monoisotopic (exact) mass is 472 g/mol. The number of carbonyl (C=O) groups excluding carboxylic acids is 3. The SMILES string of the molecule is CC(=O)O[C@@H]1C[C@@H]2[C@H](CCC3[C@@]4(C)CCC[C@](C)(C=O)C4CC[C@]32C)[C@@H]2C[C@H]3OC(=O)C[C@]13O2. The quantitative estimate of drug-likeness (QED) is 0.431. The van der Waals surface area contributed by atoms with Gasteiger partial charge in [0.25, 0.3) is 0 Å². The lowest BCUT2D eigenvalue weighted by molar-refractivity contribution is -0.187. The lowest BCUT2D eigenvalue weighted by atomic mass is 9.38. The van der Waals surface area contributed by atoms with Gasteiger partial charge in [0.15, 0.2) is 5.60 Å². The maximum absolute atomic E-state index is 12.3. The molecule has 3 aliphatic heterocycles. The molecule has 0 N–H and O–H groups in total. The maximum Gasteiger partial charge on any atom is 0.309 e. The van der Waals surface area contributed by atoms with E-state index in [1.165, 1.54) is 19.6 Å². The van der Waals surface area contributed by atoms with Gasteiger partial charge in [-0.3, -0.25) is 9.59 Å². The first-order valence-corrected chi connectivity index (χ1v) is 13.6. The van der Waals surface area contributed by atoms with Crippen molar-refractivity contribution in [2.45, 2.75) is 116 Å². The normalized spacial score (nSPS) is 55.6. The van der Waals surface area contributed by atoms with Gasteiger partial charge < -0.3 is 19.0 Å². The Morgan fingerprint density at radius 1 is 1.03 bits per heavy atom. The first-order chi connectivity index (χ1) is 16.1. The molecule has 3 saturated carbocycles. The standard InChI is InChI=1S/C28H40O6/c1-16(30)32-22-12-18-17(19-13-23-28(22,34-19)14-24(31)33-23)6-7-21-26(18,3)11-8-20-25(2,15-29)9-5-10-27(20,21)4/h15,17-23H,5-14H2,1-4H3/t17-,18+,19-,20?,21?,22+,23+,25+,26-,27-,28-/m0/s1. The second-order valence-electron chi connectivity index (χ2n) is 13.3. The molecule has 0 aromatic heterocycles. The Bertz CT molecular complexity index is 917. The van der Waals surface area contributed by atoms with Crippen LogP contribution in [0.15, 0.2) is 0 Å². The molecule has 0 aromatic carbocycles. The van der Waals surface area contributed by atoms with Crippen LogP contribution >= 0.6 is 0 Å². The predicted molar refractivity (Wildman–Crippen MR) is 124 cm³/mol. The average molecular weight is 473 g/mol. The predicted octanol–water partition coefficient (Wildman–Crippen LogP) is 4.62. The summed E-state index contributed by atoms with van der Waals surface area (Å²) in [7, 11) is 0. The van der Waals surface area contributed by atoms with E-state index in [4.69, 9.17) is 14.2 Å². The smallest absolute Gasteiger partial charge is 0.309 e. The molecule has 3 saturated heterocycles. The van der Waals surface area contributed by atoms with Crippen LogP contribution in [-0.4, -0.2) is 42.1 Å². The number of rotatable bonds is 2. The van der Waals surface area contributed by atoms with Crippen molar-refractivity contribution in [3.8, 4) is 0 Å². The number of ether oxygens (including phenoxy) is 3. The first kappa shape index (κ1) is 23.0. The molecule has 6 heteroatoms. The van der Waals surface area contributed by atoms with Crippen LogP contribution in [0.3, 0.4) is 0 Å². The number of esters is 2. The largest absolute Gasteiger partial charge is 0.459 e. The number of hydrogen-bond donors (Lipinski definition) is 0. The van der Waals surface area contributed by atoms with Crippen molar-refractivity contribution in [3.05, 3.63) is 0 Å². The van der Waals surface area contributed by atoms with Gasteiger partial charge in [-0.05, 0) is 79.4 Å². The molecule has 34 heavy (non-hydrogen) atoms. The zero-order chi connectivity index (χ0) is 24.1. The van der Waals surface area contributed by atoms with Gasteiger partial charge in [-0.25, -0.2) is 0 Å². The third kappa shape index (κ3) is 2.87. The van der Waals surface area contributed by atoms with E-state index in [2.05, 4.69) is 20.8 Å². The van der Waals surface area contributed by atoms with Crippen LogP contribution in [0.4, 0.5) is 0 Å². The fourth-order valence-corrected chi connectivity index (χ4v) is 10.6. The van der Waals surface area contributed by atoms with E-state index < -0.39 is 11.7 Å². The summed E-state index contributed by atoms with van der Waals surface area (Å²) in [4.78, 5) is 36.8. The van der Waals surface area contributed by atoms with Gasteiger partial charge in [0.2, 0.25) is 0 Å². The Morgan fingerprint density at radius 2 is 1.82 bits per heavy atom. The average Bonchev–Trinajstić information content (AvgIpc) is 3.21. The molecule has 0 aromatic rings. The van der Waals surface area contributed by atoms with Gasteiger partial charge in [0.1, 0.15) is 18.5 Å². The highest BCUT2D eigenvalue weighted by atomic mass is 16.6. The summed E-state index contributed by atoms with van der Waals surface area (Å²) in [5.41, 5.74) is -0.775. The van der Waals surface area contributed by atoms with Crippen LogP contribution in [0.5, 0.6) is 0 Å². The minimum Gasteiger partial charge on any atom is -0.459 e. The minimum absolute atomic E-state index is 0.0542. The van der Waals surface area contributed by atoms with E-state index in [0.29, 0.717) is 30.1 Å². The molecule has 6 aliphatic rings. The van der Waals surface area contributed by atoms with E-state index >= 15 is 0 Å². The molecule has 6 nitrogen and oxygen atoms in total. The van der Waals surface area contributed by atoms with Crippen molar-refractivity contribution < 1.29 is 28.6 Å². The fraction of sp³-hybridized carbons (Fsp3) is 0.893. The van der Waals surface area contributed by atoms with E-state index in [9.17, 15) is 14.4 Å². The van der Waals surface area contributed by atoms with Crippen LogP contribution in [0.2, 0.25) is 0 Å².